The van der Waals surface area contributed by atoms with Gasteiger partial charge in [0.2, 0.25) is 0 Å². The molecular weight excluding hydrogens is 222 g/mol. The van der Waals surface area contributed by atoms with E-state index in [2.05, 4.69) is 56.3 Å². The minimum absolute atomic E-state index is 0.823. The summed E-state index contributed by atoms with van der Waals surface area (Å²) in [4.78, 5) is 0. The zero-order valence-electron chi connectivity index (χ0n) is 11.8. The van der Waals surface area contributed by atoms with Crippen molar-refractivity contribution in [1.29, 1.82) is 0 Å². The normalized spacial score (nSPS) is 10.7. The van der Waals surface area contributed by atoms with Gasteiger partial charge in [-0.05, 0) is 49.9 Å². The lowest BCUT2D eigenvalue weighted by molar-refractivity contribution is 0.741. The Morgan fingerprint density at radius 2 is 1.67 bits per heavy atom. The van der Waals surface area contributed by atoms with Crippen LogP contribution in [-0.2, 0) is 13.6 Å². The molecular formula is C15H21N3. The lowest BCUT2D eigenvalue weighted by Gasteiger charge is -2.10. The predicted molar refractivity (Wildman–Crippen MR) is 75.9 cm³/mol. The topological polar surface area (TPSA) is 29.9 Å². The molecule has 2 aromatic rings. The molecule has 0 saturated carbocycles. The van der Waals surface area contributed by atoms with E-state index in [0.29, 0.717) is 0 Å². The van der Waals surface area contributed by atoms with Crippen molar-refractivity contribution in [3.05, 3.63) is 46.1 Å². The minimum Gasteiger partial charge on any atom is -0.365 e. The molecule has 1 N–H and O–H groups in total. The zero-order chi connectivity index (χ0) is 13.3. The van der Waals surface area contributed by atoms with Gasteiger partial charge in [-0.3, -0.25) is 4.68 Å². The van der Waals surface area contributed by atoms with E-state index in [1.807, 2.05) is 11.7 Å². The number of hydrogen-bond donors (Lipinski definition) is 1. The maximum absolute atomic E-state index is 4.40. The maximum Gasteiger partial charge on any atom is 0.148 e. The molecule has 96 valence electrons. The Bertz CT molecular complexity index is 548. The summed E-state index contributed by atoms with van der Waals surface area (Å²) in [6, 6.07) is 6.57. The van der Waals surface area contributed by atoms with Crippen LogP contribution < -0.4 is 5.32 Å². The number of hydrogen-bond acceptors (Lipinski definition) is 2. The maximum atomic E-state index is 4.40. The second-order valence-corrected chi connectivity index (χ2v) is 5.01. The molecule has 3 nitrogen and oxygen atoms in total. The third-order valence-corrected chi connectivity index (χ3v) is 3.53. The standard InChI is InChI=1S/C15H21N3/c1-10-6-12(3)14(7-11(10)2)9-16-15-8-13(4)18(5)17-15/h6-8H,9H2,1-5H3,(H,16,17). The van der Waals surface area contributed by atoms with E-state index in [1.54, 1.807) is 0 Å². The van der Waals surface area contributed by atoms with E-state index in [4.69, 9.17) is 0 Å². The fourth-order valence-electron chi connectivity index (χ4n) is 2.04. The Labute approximate surface area is 109 Å². The highest BCUT2D eigenvalue weighted by atomic mass is 15.3. The predicted octanol–water partition coefficient (Wildman–Crippen LogP) is 3.27. The van der Waals surface area contributed by atoms with Gasteiger partial charge in [0.15, 0.2) is 0 Å². The molecule has 0 atom stereocenters. The molecule has 0 fully saturated rings. The van der Waals surface area contributed by atoms with Crippen molar-refractivity contribution < 1.29 is 0 Å². The molecule has 0 bridgehead atoms. The van der Waals surface area contributed by atoms with Gasteiger partial charge in [-0.25, -0.2) is 0 Å². The van der Waals surface area contributed by atoms with E-state index in [9.17, 15) is 0 Å². The fraction of sp³-hybridized carbons (Fsp3) is 0.400. The van der Waals surface area contributed by atoms with Crippen molar-refractivity contribution >= 4 is 5.82 Å². The Morgan fingerprint density at radius 1 is 1.00 bits per heavy atom. The zero-order valence-corrected chi connectivity index (χ0v) is 11.8. The van der Waals surface area contributed by atoms with Gasteiger partial charge in [-0.15, -0.1) is 0 Å². The number of anilines is 1. The van der Waals surface area contributed by atoms with E-state index in [1.165, 1.54) is 22.3 Å². The van der Waals surface area contributed by atoms with Crippen LogP contribution in [0.1, 0.15) is 27.9 Å². The Hall–Kier alpha value is -1.77. The minimum atomic E-state index is 0.823. The van der Waals surface area contributed by atoms with Crippen LogP contribution in [0.4, 0.5) is 5.82 Å². The molecule has 1 aromatic heterocycles. The van der Waals surface area contributed by atoms with Gasteiger partial charge >= 0.3 is 0 Å². The number of nitrogens with one attached hydrogen (secondary N) is 1. The average Bonchev–Trinajstić information content (AvgIpc) is 2.62. The molecule has 0 saturated heterocycles. The number of aryl methyl sites for hydroxylation is 5. The van der Waals surface area contributed by atoms with Gasteiger partial charge in [-0.1, -0.05) is 12.1 Å². The number of aromatic nitrogens is 2. The highest BCUT2D eigenvalue weighted by Crippen LogP contribution is 2.17. The largest absolute Gasteiger partial charge is 0.365 e. The molecule has 3 heteroatoms. The van der Waals surface area contributed by atoms with Gasteiger partial charge < -0.3 is 5.32 Å². The van der Waals surface area contributed by atoms with Crippen LogP contribution in [0.3, 0.4) is 0 Å². The Morgan fingerprint density at radius 3 is 2.28 bits per heavy atom. The van der Waals surface area contributed by atoms with Crippen LogP contribution in [0, 0.1) is 27.7 Å². The fourth-order valence-corrected chi connectivity index (χ4v) is 2.04. The molecule has 0 spiro atoms. The van der Waals surface area contributed by atoms with E-state index >= 15 is 0 Å². The summed E-state index contributed by atoms with van der Waals surface area (Å²) in [5.74, 6) is 0.938. The highest BCUT2D eigenvalue weighted by Gasteiger charge is 2.04. The molecule has 2 rings (SSSR count). The van der Waals surface area contributed by atoms with Gasteiger partial charge in [0.1, 0.15) is 5.82 Å². The molecule has 1 aromatic carbocycles. The van der Waals surface area contributed by atoms with Gasteiger partial charge in [-0.2, -0.15) is 5.10 Å². The molecule has 0 radical (unpaired) electrons. The monoisotopic (exact) mass is 243 g/mol. The quantitative estimate of drug-likeness (QED) is 0.896. The first-order valence-electron chi connectivity index (χ1n) is 6.28. The molecule has 0 aliphatic rings. The second kappa shape index (κ2) is 4.84. The summed E-state index contributed by atoms with van der Waals surface area (Å²) in [6.07, 6.45) is 0. The SMILES string of the molecule is Cc1cc(C)c(CNc2cc(C)n(C)n2)cc1C. The van der Waals surface area contributed by atoms with E-state index in [-0.39, 0.29) is 0 Å². The molecule has 0 unspecified atom stereocenters. The van der Waals surface area contributed by atoms with Crippen LogP contribution in [0.15, 0.2) is 18.2 Å². The molecule has 1 heterocycles. The first-order chi connectivity index (χ1) is 8.47. The van der Waals surface area contributed by atoms with E-state index in [0.717, 1.165) is 18.1 Å². The summed E-state index contributed by atoms with van der Waals surface area (Å²) in [5, 5.41) is 7.78. The number of nitrogens with zero attached hydrogens (tertiary/aromatic N) is 2. The summed E-state index contributed by atoms with van der Waals surface area (Å²) in [6.45, 7) is 9.35. The molecule has 0 aliphatic carbocycles. The highest BCUT2D eigenvalue weighted by molar-refractivity contribution is 5.41. The molecule has 0 amide bonds. The molecule has 18 heavy (non-hydrogen) atoms. The van der Waals surface area contributed by atoms with Crippen molar-refractivity contribution in [3.63, 3.8) is 0 Å². The third kappa shape index (κ3) is 2.55. The smallest absolute Gasteiger partial charge is 0.148 e. The van der Waals surface area contributed by atoms with E-state index < -0.39 is 0 Å². The van der Waals surface area contributed by atoms with Crippen LogP contribution in [-0.4, -0.2) is 9.78 Å². The summed E-state index contributed by atoms with van der Waals surface area (Å²) < 4.78 is 1.88. The van der Waals surface area contributed by atoms with Gasteiger partial charge in [0.05, 0.1) is 0 Å². The summed E-state index contributed by atoms with van der Waals surface area (Å²) in [7, 11) is 1.96. The molecule has 0 aliphatic heterocycles. The van der Waals surface area contributed by atoms with Crippen LogP contribution in [0.2, 0.25) is 0 Å². The Kier molecular flexibility index (Phi) is 3.41. The third-order valence-electron chi connectivity index (χ3n) is 3.53. The van der Waals surface area contributed by atoms with Crippen molar-refractivity contribution in [2.45, 2.75) is 34.2 Å². The summed E-state index contributed by atoms with van der Waals surface area (Å²) >= 11 is 0. The van der Waals surface area contributed by atoms with Gasteiger partial charge in [0, 0.05) is 25.4 Å². The lowest BCUT2D eigenvalue weighted by Crippen LogP contribution is -2.03. The van der Waals surface area contributed by atoms with Crippen molar-refractivity contribution in [1.82, 2.24) is 9.78 Å². The van der Waals surface area contributed by atoms with Crippen molar-refractivity contribution in [2.75, 3.05) is 5.32 Å². The lowest BCUT2D eigenvalue weighted by atomic mass is 10.0. The van der Waals surface area contributed by atoms with Crippen molar-refractivity contribution in [3.8, 4) is 0 Å². The van der Waals surface area contributed by atoms with Crippen LogP contribution >= 0.6 is 0 Å². The Balaban J connectivity index is 2.13. The first-order valence-corrected chi connectivity index (χ1v) is 6.28. The average molecular weight is 243 g/mol. The van der Waals surface area contributed by atoms with Crippen LogP contribution in [0.5, 0.6) is 0 Å². The van der Waals surface area contributed by atoms with Crippen LogP contribution in [0.25, 0.3) is 0 Å². The summed E-state index contributed by atoms with van der Waals surface area (Å²) in [5.41, 5.74) is 6.52. The first kappa shape index (κ1) is 12.7. The number of benzene rings is 1. The van der Waals surface area contributed by atoms with Gasteiger partial charge in [0.25, 0.3) is 0 Å². The van der Waals surface area contributed by atoms with Crippen molar-refractivity contribution in [2.24, 2.45) is 7.05 Å². The second-order valence-electron chi connectivity index (χ2n) is 5.01. The number of rotatable bonds is 3.